The van der Waals surface area contributed by atoms with Crippen molar-refractivity contribution in [2.24, 2.45) is 0 Å². The summed E-state index contributed by atoms with van der Waals surface area (Å²) in [5.41, 5.74) is 3.81. The molecule has 0 aliphatic heterocycles. The second-order valence-electron chi connectivity index (χ2n) is 5.07. The second kappa shape index (κ2) is 6.27. The molecule has 3 heteroatoms. The molecule has 0 unspecified atom stereocenters. The smallest absolute Gasteiger partial charge is 0.0401 e. The first-order valence-corrected chi connectivity index (χ1v) is 7.90. The van der Waals surface area contributed by atoms with E-state index >= 15 is 0 Å². The molecule has 0 amide bonds. The van der Waals surface area contributed by atoms with Gasteiger partial charge in [-0.3, -0.25) is 4.98 Å². The topological polar surface area (TPSA) is 24.9 Å². The third-order valence-electron chi connectivity index (χ3n) is 3.64. The summed E-state index contributed by atoms with van der Waals surface area (Å²) in [6, 6.07) is 14.9. The molecule has 2 aromatic carbocycles. The molecule has 1 aromatic heterocycles. The van der Waals surface area contributed by atoms with Crippen molar-refractivity contribution in [3.63, 3.8) is 0 Å². The Labute approximate surface area is 133 Å². The zero-order valence-corrected chi connectivity index (χ0v) is 13.5. The summed E-state index contributed by atoms with van der Waals surface area (Å²) in [5, 5.41) is 5.95. The number of fused-ring (bicyclic) bond motifs is 1. The minimum Gasteiger partial charge on any atom is -0.381 e. The first-order valence-electron chi connectivity index (χ1n) is 7.11. The number of anilines is 1. The van der Waals surface area contributed by atoms with E-state index in [-0.39, 0.29) is 0 Å². The molecule has 0 radical (unpaired) electrons. The highest BCUT2D eigenvalue weighted by molar-refractivity contribution is 9.10. The minimum atomic E-state index is 0.826. The van der Waals surface area contributed by atoms with Gasteiger partial charge < -0.3 is 5.32 Å². The Morgan fingerprint density at radius 1 is 1.05 bits per heavy atom. The SMILES string of the molecule is CCc1cc(Br)ccc1NCc1ccc2cnccc2c1. The van der Waals surface area contributed by atoms with Gasteiger partial charge in [-0.15, -0.1) is 0 Å². The standard InChI is InChI=1S/C18H17BrN2/c1-2-14-10-17(19)5-6-18(14)21-11-13-3-4-16-12-20-8-7-15(16)9-13/h3-10,12,21H,2,11H2,1H3. The van der Waals surface area contributed by atoms with Gasteiger partial charge in [-0.25, -0.2) is 0 Å². The van der Waals surface area contributed by atoms with Gasteiger partial charge in [-0.1, -0.05) is 35.0 Å². The van der Waals surface area contributed by atoms with E-state index in [1.54, 1.807) is 0 Å². The van der Waals surface area contributed by atoms with Crippen LogP contribution in [0, 0.1) is 0 Å². The fraction of sp³-hybridized carbons (Fsp3) is 0.167. The van der Waals surface area contributed by atoms with Gasteiger partial charge in [-0.2, -0.15) is 0 Å². The number of benzene rings is 2. The molecule has 0 atom stereocenters. The maximum atomic E-state index is 4.15. The van der Waals surface area contributed by atoms with Crippen molar-refractivity contribution in [3.05, 3.63) is 70.5 Å². The van der Waals surface area contributed by atoms with Crippen LogP contribution in [0.4, 0.5) is 5.69 Å². The lowest BCUT2D eigenvalue weighted by atomic mass is 10.1. The van der Waals surface area contributed by atoms with Gasteiger partial charge in [0.1, 0.15) is 0 Å². The summed E-state index contributed by atoms with van der Waals surface area (Å²) < 4.78 is 1.13. The molecule has 0 bridgehead atoms. The van der Waals surface area contributed by atoms with Crippen molar-refractivity contribution in [1.82, 2.24) is 4.98 Å². The van der Waals surface area contributed by atoms with Crippen LogP contribution in [-0.4, -0.2) is 4.98 Å². The lowest BCUT2D eigenvalue weighted by Gasteiger charge is -2.12. The monoisotopic (exact) mass is 340 g/mol. The summed E-state index contributed by atoms with van der Waals surface area (Å²) in [7, 11) is 0. The van der Waals surface area contributed by atoms with E-state index in [2.05, 4.69) is 75.6 Å². The molecular formula is C18H17BrN2. The van der Waals surface area contributed by atoms with Gasteiger partial charge in [0.05, 0.1) is 0 Å². The Hall–Kier alpha value is -1.87. The zero-order chi connectivity index (χ0) is 14.7. The largest absolute Gasteiger partial charge is 0.381 e. The molecule has 0 saturated carbocycles. The predicted molar refractivity (Wildman–Crippen MR) is 92.6 cm³/mol. The van der Waals surface area contributed by atoms with Crippen LogP contribution < -0.4 is 5.32 Å². The lowest BCUT2D eigenvalue weighted by molar-refractivity contribution is 1.09. The number of nitrogens with zero attached hydrogens (tertiary/aromatic N) is 1. The highest BCUT2D eigenvalue weighted by atomic mass is 79.9. The molecule has 0 fully saturated rings. The fourth-order valence-corrected chi connectivity index (χ4v) is 2.88. The van der Waals surface area contributed by atoms with Gasteiger partial charge in [0.15, 0.2) is 0 Å². The zero-order valence-electron chi connectivity index (χ0n) is 11.9. The summed E-state index contributed by atoms with van der Waals surface area (Å²) >= 11 is 3.53. The molecule has 2 nitrogen and oxygen atoms in total. The second-order valence-corrected chi connectivity index (χ2v) is 5.98. The number of hydrogen-bond acceptors (Lipinski definition) is 2. The Balaban J connectivity index is 1.80. The Kier molecular flexibility index (Phi) is 4.20. The van der Waals surface area contributed by atoms with E-state index < -0.39 is 0 Å². The van der Waals surface area contributed by atoms with Gasteiger partial charge in [0.2, 0.25) is 0 Å². The van der Waals surface area contributed by atoms with Crippen LogP contribution >= 0.6 is 15.9 Å². The minimum absolute atomic E-state index is 0.826. The molecule has 1 N–H and O–H groups in total. The lowest BCUT2D eigenvalue weighted by Crippen LogP contribution is -2.02. The normalized spacial score (nSPS) is 10.8. The molecule has 3 aromatic rings. The third kappa shape index (κ3) is 3.24. The molecule has 0 aliphatic rings. The van der Waals surface area contributed by atoms with Crippen LogP contribution in [0.5, 0.6) is 0 Å². The summed E-state index contributed by atoms with van der Waals surface area (Å²) in [6.45, 7) is 3.00. The Morgan fingerprint density at radius 2 is 1.95 bits per heavy atom. The van der Waals surface area contributed by atoms with E-state index in [1.165, 1.54) is 27.6 Å². The van der Waals surface area contributed by atoms with Crippen molar-refractivity contribution < 1.29 is 0 Å². The van der Waals surface area contributed by atoms with Crippen LogP contribution in [0.1, 0.15) is 18.1 Å². The first-order chi connectivity index (χ1) is 10.3. The van der Waals surface area contributed by atoms with Crippen LogP contribution in [0.3, 0.4) is 0 Å². The quantitative estimate of drug-likeness (QED) is 0.708. The Bertz CT molecular complexity index is 768. The number of nitrogens with one attached hydrogen (secondary N) is 1. The fourth-order valence-electron chi connectivity index (χ4n) is 2.47. The van der Waals surface area contributed by atoms with Crippen molar-refractivity contribution in [1.29, 1.82) is 0 Å². The predicted octanol–water partition coefficient (Wildman–Crippen LogP) is 5.17. The van der Waals surface area contributed by atoms with E-state index in [4.69, 9.17) is 0 Å². The number of aryl methyl sites for hydroxylation is 1. The molecule has 3 rings (SSSR count). The van der Waals surface area contributed by atoms with Crippen LogP contribution in [0.25, 0.3) is 10.8 Å². The van der Waals surface area contributed by atoms with Crippen molar-refractivity contribution in [2.75, 3.05) is 5.32 Å². The summed E-state index contributed by atoms with van der Waals surface area (Å²) in [6.07, 6.45) is 4.76. The van der Waals surface area contributed by atoms with E-state index in [0.717, 1.165) is 17.4 Å². The molecule has 0 spiro atoms. The van der Waals surface area contributed by atoms with E-state index in [0.29, 0.717) is 0 Å². The number of hydrogen-bond donors (Lipinski definition) is 1. The number of aromatic nitrogens is 1. The number of pyridine rings is 1. The maximum absolute atomic E-state index is 4.15. The van der Waals surface area contributed by atoms with Gasteiger partial charge in [-0.05, 0) is 53.3 Å². The van der Waals surface area contributed by atoms with Crippen LogP contribution in [0.2, 0.25) is 0 Å². The molecule has 106 valence electrons. The Morgan fingerprint density at radius 3 is 2.81 bits per heavy atom. The van der Waals surface area contributed by atoms with Crippen LogP contribution in [0.15, 0.2) is 59.3 Å². The van der Waals surface area contributed by atoms with Gasteiger partial charge in [0, 0.05) is 34.5 Å². The van der Waals surface area contributed by atoms with Crippen molar-refractivity contribution in [2.45, 2.75) is 19.9 Å². The molecule has 0 aliphatic carbocycles. The summed E-state index contributed by atoms with van der Waals surface area (Å²) in [4.78, 5) is 4.15. The van der Waals surface area contributed by atoms with Crippen molar-refractivity contribution in [3.8, 4) is 0 Å². The molecule has 0 saturated heterocycles. The van der Waals surface area contributed by atoms with Gasteiger partial charge in [0.25, 0.3) is 0 Å². The van der Waals surface area contributed by atoms with Gasteiger partial charge >= 0.3 is 0 Å². The number of halogens is 1. The third-order valence-corrected chi connectivity index (χ3v) is 4.13. The van der Waals surface area contributed by atoms with Crippen molar-refractivity contribution >= 4 is 32.4 Å². The van der Waals surface area contributed by atoms with E-state index in [9.17, 15) is 0 Å². The molecule has 1 heterocycles. The highest BCUT2D eigenvalue weighted by Gasteiger charge is 2.02. The molecule has 21 heavy (non-hydrogen) atoms. The van der Waals surface area contributed by atoms with Crippen LogP contribution in [-0.2, 0) is 13.0 Å². The maximum Gasteiger partial charge on any atom is 0.0401 e. The average molecular weight is 341 g/mol. The summed E-state index contributed by atoms with van der Waals surface area (Å²) in [5.74, 6) is 0. The average Bonchev–Trinajstić information content (AvgIpc) is 2.53. The highest BCUT2D eigenvalue weighted by Crippen LogP contribution is 2.22. The number of rotatable bonds is 4. The van der Waals surface area contributed by atoms with E-state index in [1.807, 2.05) is 12.4 Å². The first kappa shape index (κ1) is 14.1. The molecular weight excluding hydrogens is 324 g/mol.